The third-order valence-electron chi connectivity index (χ3n) is 6.84. The van der Waals surface area contributed by atoms with Crippen LogP contribution >= 0.6 is 0 Å². The summed E-state index contributed by atoms with van der Waals surface area (Å²) in [5.74, 6) is 0.891. The van der Waals surface area contributed by atoms with Gasteiger partial charge < -0.3 is 10.0 Å². The van der Waals surface area contributed by atoms with Crippen molar-refractivity contribution in [1.29, 1.82) is 0 Å². The maximum Gasteiger partial charge on any atom is 0.164 e. The van der Waals surface area contributed by atoms with Crippen LogP contribution < -0.4 is 4.90 Å². The van der Waals surface area contributed by atoms with Crippen LogP contribution in [0.1, 0.15) is 59.7 Å². The zero-order chi connectivity index (χ0) is 21.8. The number of anilines is 1. The molecule has 5 nitrogen and oxygen atoms in total. The Balaban J connectivity index is 1.32. The van der Waals surface area contributed by atoms with Crippen molar-refractivity contribution in [1.82, 2.24) is 9.88 Å². The molecule has 0 spiro atoms. The number of aliphatic hydroxyl groups excluding tert-OH is 1. The van der Waals surface area contributed by atoms with Crippen molar-refractivity contribution in [2.75, 3.05) is 31.6 Å². The van der Waals surface area contributed by atoms with Gasteiger partial charge in [-0.1, -0.05) is 24.6 Å². The van der Waals surface area contributed by atoms with Crippen LogP contribution in [0.15, 0.2) is 36.5 Å². The molecule has 1 fully saturated rings. The number of hydrogen-bond donors (Lipinski definition) is 1. The molecule has 1 aliphatic carbocycles. The van der Waals surface area contributed by atoms with E-state index in [1.807, 2.05) is 24.1 Å². The number of nitrogens with zero attached hydrogens (tertiary/aromatic N) is 3. The molecule has 2 heterocycles. The minimum Gasteiger partial charge on any atom is -0.392 e. The molecular formula is C26H35N3O2. The number of fused-ring (bicyclic) bond motifs is 1. The van der Waals surface area contributed by atoms with Gasteiger partial charge in [0.05, 0.1) is 6.10 Å². The topological polar surface area (TPSA) is 56.7 Å². The van der Waals surface area contributed by atoms with Crippen molar-refractivity contribution in [2.45, 2.75) is 64.0 Å². The standard InChI is InChI=1S/C26H35N3O2/c1-19(30)18-28(2)26-11-9-23(17-27-26)25(31)10-7-20-6-8-21-12-14-29(24-4-3-5-24)15-13-22(21)16-20/h6,8-9,11,16-17,19,24,30H,3-5,7,10,12-15,18H2,1-2H3/t19-/m0/s1. The van der Waals surface area contributed by atoms with Crippen LogP contribution in [-0.4, -0.2) is 59.6 Å². The molecule has 1 aromatic carbocycles. The smallest absolute Gasteiger partial charge is 0.164 e. The molecule has 1 aliphatic heterocycles. The highest BCUT2D eigenvalue weighted by Crippen LogP contribution is 2.28. The van der Waals surface area contributed by atoms with E-state index in [0.29, 0.717) is 18.5 Å². The molecular weight excluding hydrogens is 386 g/mol. The summed E-state index contributed by atoms with van der Waals surface area (Å²) in [6.07, 6.45) is 8.90. The van der Waals surface area contributed by atoms with Crippen LogP contribution in [0.4, 0.5) is 5.82 Å². The molecule has 1 N–H and O–H groups in total. The van der Waals surface area contributed by atoms with Gasteiger partial charge in [-0.2, -0.15) is 0 Å². The lowest BCUT2D eigenvalue weighted by atomic mass is 9.91. The van der Waals surface area contributed by atoms with Crippen LogP contribution in [0.5, 0.6) is 0 Å². The van der Waals surface area contributed by atoms with Crippen LogP contribution in [-0.2, 0) is 19.3 Å². The van der Waals surface area contributed by atoms with Crippen LogP contribution in [0.25, 0.3) is 0 Å². The Bertz CT molecular complexity index is 890. The molecule has 0 unspecified atom stereocenters. The van der Waals surface area contributed by atoms with E-state index >= 15 is 0 Å². The normalized spacial score (nSPS) is 18.0. The van der Waals surface area contributed by atoms with E-state index in [1.54, 1.807) is 13.1 Å². The van der Waals surface area contributed by atoms with E-state index in [2.05, 4.69) is 28.1 Å². The summed E-state index contributed by atoms with van der Waals surface area (Å²) in [6.45, 7) is 4.62. The molecule has 2 aliphatic rings. The monoisotopic (exact) mass is 421 g/mol. The number of aryl methyl sites for hydroxylation is 1. The van der Waals surface area contributed by atoms with Crippen molar-refractivity contribution < 1.29 is 9.90 Å². The Morgan fingerprint density at radius 1 is 1.19 bits per heavy atom. The lowest BCUT2D eigenvalue weighted by Gasteiger charge is -2.36. The Hall–Kier alpha value is -2.24. The lowest BCUT2D eigenvalue weighted by Crippen LogP contribution is -2.41. The SMILES string of the molecule is C[C@H](O)CN(C)c1ccc(C(=O)CCc2ccc3c(c2)CCN(C2CCC2)CC3)cn1. The first-order chi connectivity index (χ1) is 15.0. The number of benzene rings is 1. The average Bonchev–Trinajstić information content (AvgIpc) is 2.93. The van der Waals surface area contributed by atoms with E-state index in [1.165, 1.54) is 49.0 Å². The van der Waals surface area contributed by atoms with Gasteiger partial charge in [-0.3, -0.25) is 9.69 Å². The number of aromatic nitrogens is 1. The Morgan fingerprint density at radius 2 is 1.97 bits per heavy atom. The number of carbonyl (C=O) groups excluding carboxylic acids is 1. The quantitative estimate of drug-likeness (QED) is 0.659. The van der Waals surface area contributed by atoms with Crippen molar-refractivity contribution in [3.8, 4) is 0 Å². The number of aliphatic hydroxyl groups is 1. The predicted molar refractivity (Wildman–Crippen MR) is 125 cm³/mol. The molecule has 31 heavy (non-hydrogen) atoms. The summed E-state index contributed by atoms with van der Waals surface area (Å²) in [5.41, 5.74) is 4.86. The molecule has 2 aromatic rings. The average molecular weight is 422 g/mol. The molecule has 0 amide bonds. The molecule has 0 radical (unpaired) electrons. The van der Waals surface area contributed by atoms with Gasteiger partial charge in [0, 0.05) is 50.9 Å². The fraction of sp³-hybridized carbons (Fsp3) is 0.538. The van der Waals surface area contributed by atoms with E-state index in [-0.39, 0.29) is 5.78 Å². The van der Waals surface area contributed by atoms with Gasteiger partial charge in [0.25, 0.3) is 0 Å². The van der Waals surface area contributed by atoms with Crippen LogP contribution in [0.3, 0.4) is 0 Å². The first-order valence-electron chi connectivity index (χ1n) is 11.7. The Morgan fingerprint density at radius 3 is 2.61 bits per heavy atom. The largest absolute Gasteiger partial charge is 0.392 e. The molecule has 1 saturated carbocycles. The van der Waals surface area contributed by atoms with Gasteiger partial charge in [0.2, 0.25) is 0 Å². The number of rotatable bonds is 8. The highest BCUT2D eigenvalue weighted by molar-refractivity contribution is 5.96. The summed E-state index contributed by atoms with van der Waals surface area (Å²) in [5, 5.41) is 9.52. The Labute approximate surface area is 186 Å². The van der Waals surface area contributed by atoms with Crippen molar-refractivity contribution in [3.05, 3.63) is 58.8 Å². The summed E-state index contributed by atoms with van der Waals surface area (Å²) in [7, 11) is 1.89. The molecule has 1 aromatic heterocycles. The van der Waals surface area contributed by atoms with Gasteiger partial charge in [0.1, 0.15) is 5.82 Å². The van der Waals surface area contributed by atoms with Crippen LogP contribution in [0.2, 0.25) is 0 Å². The minimum atomic E-state index is -0.421. The maximum atomic E-state index is 12.7. The molecule has 166 valence electrons. The zero-order valence-electron chi connectivity index (χ0n) is 18.9. The number of likely N-dealkylation sites (N-methyl/N-ethyl adjacent to an activating group) is 1. The second kappa shape index (κ2) is 9.92. The third-order valence-corrected chi connectivity index (χ3v) is 6.84. The van der Waals surface area contributed by atoms with E-state index in [0.717, 1.165) is 31.1 Å². The first kappa shape index (κ1) is 22.0. The van der Waals surface area contributed by atoms with Gasteiger partial charge in [-0.25, -0.2) is 4.98 Å². The second-order valence-electron chi connectivity index (χ2n) is 9.28. The number of hydrogen-bond acceptors (Lipinski definition) is 5. The molecule has 1 atom stereocenters. The third kappa shape index (κ3) is 5.52. The second-order valence-corrected chi connectivity index (χ2v) is 9.28. The highest BCUT2D eigenvalue weighted by atomic mass is 16.3. The highest BCUT2D eigenvalue weighted by Gasteiger charge is 2.26. The van der Waals surface area contributed by atoms with E-state index in [9.17, 15) is 9.90 Å². The summed E-state index contributed by atoms with van der Waals surface area (Å²) < 4.78 is 0. The summed E-state index contributed by atoms with van der Waals surface area (Å²) >= 11 is 0. The number of Topliss-reactive ketones (excluding diaryl/α,β-unsaturated/α-hetero) is 1. The molecule has 5 heteroatoms. The van der Waals surface area contributed by atoms with Gasteiger partial charge in [0.15, 0.2) is 5.78 Å². The minimum absolute atomic E-state index is 0.128. The number of pyridine rings is 1. The van der Waals surface area contributed by atoms with E-state index < -0.39 is 6.10 Å². The fourth-order valence-corrected chi connectivity index (χ4v) is 4.74. The summed E-state index contributed by atoms with van der Waals surface area (Å²) in [4.78, 5) is 21.6. The maximum absolute atomic E-state index is 12.7. The van der Waals surface area contributed by atoms with Crippen LogP contribution in [0, 0.1) is 0 Å². The van der Waals surface area contributed by atoms with Gasteiger partial charge in [-0.05, 0) is 67.9 Å². The van der Waals surface area contributed by atoms with Crippen molar-refractivity contribution >= 4 is 11.6 Å². The fourth-order valence-electron chi connectivity index (χ4n) is 4.74. The number of ketones is 1. The predicted octanol–water partition coefficient (Wildman–Crippen LogP) is 3.67. The number of carbonyl (C=O) groups is 1. The van der Waals surface area contributed by atoms with Gasteiger partial charge in [-0.15, -0.1) is 0 Å². The first-order valence-corrected chi connectivity index (χ1v) is 11.7. The van der Waals surface area contributed by atoms with Gasteiger partial charge >= 0.3 is 0 Å². The Kier molecular flexibility index (Phi) is 7.03. The lowest BCUT2D eigenvalue weighted by molar-refractivity contribution is 0.0982. The van der Waals surface area contributed by atoms with Crippen molar-refractivity contribution in [3.63, 3.8) is 0 Å². The van der Waals surface area contributed by atoms with E-state index in [4.69, 9.17) is 0 Å². The summed E-state index contributed by atoms with van der Waals surface area (Å²) in [6, 6.07) is 11.3. The molecule has 0 saturated heterocycles. The zero-order valence-corrected chi connectivity index (χ0v) is 18.9. The molecule has 0 bridgehead atoms. The van der Waals surface area contributed by atoms with Crippen molar-refractivity contribution in [2.24, 2.45) is 0 Å². The molecule has 4 rings (SSSR count).